The molecule has 0 radical (unpaired) electrons. The molecule has 10 nitrogen and oxygen atoms in total. The second-order valence-corrected chi connectivity index (χ2v) is 2.37. The molecule has 0 heterocycles. The van der Waals surface area contributed by atoms with Crippen LogP contribution in [0.15, 0.2) is 0 Å². The number of carboxylic acids is 4. The first-order valence-electron chi connectivity index (χ1n) is 4.09. The number of hydrogen-bond acceptors (Lipinski definition) is 7. The van der Waals surface area contributed by atoms with E-state index in [1.54, 1.807) is 0 Å². The minimum atomic E-state index is -1.08. The van der Waals surface area contributed by atoms with Gasteiger partial charge in [0, 0.05) is 11.9 Å². The summed E-state index contributed by atoms with van der Waals surface area (Å²) in [5.41, 5.74) is 0. The third-order valence-electron chi connectivity index (χ3n) is 0.552. The first-order chi connectivity index (χ1) is 7.59. The van der Waals surface area contributed by atoms with E-state index < -0.39 is 23.9 Å². The van der Waals surface area contributed by atoms with Gasteiger partial charge in [0.05, 0.1) is 13.1 Å². The Morgan fingerprint density at radius 1 is 0.850 bits per heavy atom. The monoisotopic (exact) mass is 315 g/mol. The van der Waals surface area contributed by atoms with E-state index in [0.29, 0.717) is 0 Å². The smallest absolute Gasteiger partial charge is 0.550 e. The van der Waals surface area contributed by atoms with Gasteiger partial charge in [-0.25, -0.2) is 0 Å². The molecule has 0 fully saturated rings. The van der Waals surface area contributed by atoms with Crippen LogP contribution in [0.1, 0.15) is 13.8 Å². The summed E-state index contributed by atoms with van der Waals surface area (Å²) in [6.45, 7) is 1.32. The van der Waals surface area contributed by atoms with Gasteiger partial charge in [-0.1, -0.05) is 0 Å². The van der Waals surface area contributed by atoms with Gasteiger partial charge in [0.1, 0.15) is 0 Å². The van der Waals surface area contributed by atoms with Crippen LogP contribution in [0, 0.1) is 0 Å². The Labute approximate surface area is 159 Å². The first kappa shape index (κ1) is 36.7. The van der Waals surface area contributed by atoms with Gasteiger partial charge in [-0.3, -0.25) is 14.9 Å². The summed E-state index contributed by atoms with van der Waals surface area (Å²) in [5.74, 6) is -4.28. The largest absolute Gasteiger partial charge is 1.00 e. The minimum absolute atomic E-state index is 0. The maximum absolute atomic E-state index is 9.73. The fourth-order valence-corrected chi connectivity index (χ4v) is 0.276. The summed E-state index contributed by atoms with van der Waals surface area (Å²) in [4.78, 5) is 37.2. The molecule has 0 rings (SSSR count). The molecule has 0 saturated heterocycles. The quantitative estimate of drug-likeness (QED) is 0.421. The topological polar surface area (TPSA) is 198 Å². The number of carbonyl (C=O) groups is 4. The van der Waals surface area contributed by atoms with E-state index in [1.165, 1.54) is 0 Å². The molecule has 0 aromatic heterocycles. The molecule has 0 spiro atoms. The van der Waals surface area contributed by atoms with Gasteiger partial charge < -0.3 is 35.5 Å². The molecule has 0 unspecified atom stereocenters. The molecule has 0 aromatic carbocycles. The number of rotatable bonds is 4. The van der Waals surface area contributed by atoms with Gasteiger partial charge in [0.25, 0.3) is 0 Å². The standard InChI is InChI=1S/C4H7NO4.2C2H4O2.2Na.H2O/c6-3(7)1-5-2-4(8)9;2*1-2(3)4;;;/h5H,1-2H2,(H,6,7)(H,8,9);2*1H3,(H,3,4);;;1H2/q;;;2*+1;/p-2. The van der Waals surface area contributed by atoms with Crippen LogP contribution in [0.3, 0.4) is 0 Å². The van der Waals surface area contributed by atoms with Crippen LogP contribution in [-0.2, 0) is 19.2 Å². The SMILES string of the molecule is CC(=O)[O-].CC(=O)[O-].O.O=C(O)CNCC(=O)O.[Na+].[Na+]. The van der Waals surface area contributed by atoms with Crippen LogP contribution < -0.4 is 74.6 Å². The Morgan fingerprint density at radius 2 is 1.00 bits per heavy atom. The number of carbonyl (C=O) groups excluding carboxylic acids is 2. The van der Waals surface area contributed by atoms with Crippen molar-refractivity contribution in [2.75, 3.05) is 13.1 Å². The molecule has 0 atom stereocenters. The second-order valence-electron chi connectivity index (χ2n) is 2.37. The van der Waals surface area contributed by atoms with E-state index in [1.807, 2.05) is 0 Å². The molecular weight excluding hydrogens is 300 g/mol. The first-order valence-corrected chi connectivity index (χ1v) is 4.09. The predicted molar refractivity (Wildman–Crippen MR) is 53.1 cm³/mol. The number of aliphatic carboxylic acids is 4. The third-order valence-corrected chi connectivity index (χ3v) is 0.552. The van der Waals surface area contributed by atoms with Crippen LogP contribution >= 0.6 is 0 Å². The summed E-state index contributed by atoms with van der Waals surface area (Å²) in [6, 6.07) is 0. The molecule has 0 aliphatic heterocycles. The van der Waals surface area contributed by atoms with Gasteiger partial charge in [0.15, 0.2) is 0 Å². The van der Waals surface area contributed by atoms with Crippen molar-refractivity contribution in [2.45, 2.75) is 13.8 Å². The van der Waals surface area contributed by atoms with E-state index >= 15 is 0 Å². The van der Waals surface area contributed by atoms with Crippen molar-refractivity contribution in [3.05, 3.63) is 0 Å². The zero-order valence-electron chi connectivity index (χ0n) is 11.8. The average Bonchev–Trinajstić information content (AvgIpc) is 1.99. The molecule has 0 aromatic rings. The van der Waals surface area contributed by atoms with Crippen LogP contribution in [-0.4, -0.2) is 52.7 Å². The van der Waals surface area contributed by atoms with Crippen molar-refractivity contribution in [2.24, 2.45) is 0 Å². The molecule has 20 heavy (non-hydrogen) atoms. The fraction of sp³-hybridized carbons (Fsp3) is 0.500. The summed E-state index contributed by atoms with van der Waals surface area (Å²) in [6.07, 6.45) is 0. The van der Waals surface area contributed by atoms with E-state index in [2.05, 4.69) is 5.32 Å². The van der Waals surface area contributed by atoms with Crippen molar-refractivity contribution in [3.8, 4) is 0 Å². The van der Waals surface area contributed by atoms with Crippen molar-refractivity contribution >= 4 is 23.9 Å². The molecule has 12 heteroatoms. The molecule has 0 amide bonds. The number of hydrogen-bond donors (Lipinski definition) is 3. The van der Waals surface area contributed by atoms with E-state index in [0.717, 1.165) is 13.8 Å². The van der Waals surface area contributed by atoms with E-state index in [-0.39, 0.29) is 77.7 Å². The average molecular weight is 315 g/mol. The zero-order valence-corrected chi connectivity index (χ0v) is 15.8. The maximum atomic E-state index is 9.73. The number of nitrogens with one attached hydrogen (secondary N) is 1. The zero-order chi connectivity index (χ0) is 14.4. The van der Waals surface area contributed by atoms with E-state index in [9.17, 15) is 9.59 Å². The Kier molecular flexibility index (Phi) is 50.0. The van der Waals surface area contributed by atoms with Gasteiger partial charge in [0.2, 0.25) is 0 Å². The Hall–Kier alpha value is -0.200. The van der Waals surface area contributed by atoms with E-state index in [4.69, 9.17) is 30.0 Å². The fourth-order valence-electron chi connectivity index (χ4n) is 0.276. The summed E-state index contributed by atoms with van der Waals surface area (Å²) >= 11 is 0. The maximum Gasteiger partial charge on any atom is 1.00 e. The van der Waals surface area contributed by atoms with Gasteiger partial charge in [-0.05, 0) is 13.8 Å². The predicted octanol–water partition coefficient (Wildman–Crippen LogP) is -10.6. The Bertz CT molecular complexity index is 239. The molecular formula is C8H15NNa2O9. The van der Waals surface area contributed by atoms with Gasteiger partial charge in [-0.15, -0.1) is 0 Å². The summed E-state index contributed by atoms with van der Waals surface area (Å²) in [5, 5.41) is 35.9. The summed E-state index contributed by atoms with van der Waals surface area (Å²) < 4.78 is 0. The third kappa shape index (κ3) is 149. The second kappa shape index (κ2) is 27.2. The van der Waals surface area contributed by atoms with Crippen LogP contribution in [0.5, 0.6) is 0 Å². The van der Waals surface area contributed by atoms with Crippen LogP contribution in [0.2, 0.25) is 0 Å². The van der Waals surface area contributed by atoms with Crippen molar-refractivity contribution in [1.82, 2.24) is 5.32 Å². The molecule has 0 saturated carbocycles. The number of carboxylic acid groups (broad SMARTS) is 4. The van der Waals surface area contributed by atoms with Crippen LogP contribution in [0.25, 0.3) is 0 Å². The van der Waals surface area contributed by atoms with Crippen molar-refractivity contribution in [3.63, 3.8) is 0 Å². The molecule has 0 aliphatic rings. The summed E-state index contributed by atoms with van der Waals surface area (Å²) in [7, 11) is 0. The van der Waals surface area contributed by atoms with Crippen LogP contribution in [0.4, 0.5) is 0 Å². The van der Waals surface area contributed by atoms with Crippen molar-refractivity contribution in [1.29, 1.82) is 0 Å². The Balaban J connectivity index is -0.0000000386. The Morgan fingerprint density at radius 3 is 1.10 bits per heavy atom. The molecule has 0 bridgehead atoms. The molecule has 5 N–H and O–H groups in total. The minimum Gasteiger partial charge on any atom is -0.550 e. The van der Waals surface area contributed by atoms with Gasteiger partial charge >= 0.3 is 71.1 Å². The molecule has 0 aliphatic carbocycles. The van der Waals surface area contributed by atoms with Crippen molar-refractivity contribution < 1.29 is 104 Å². The molecule has 108 valence electrons. The van der Waals surface area contributed by atoms with Gasteiger partial charge in [-0.2, -0.15) is 0 Å². The normalized spacial score (nSPS) is 6.50.